The van der Waals surface area contributed by atoms with E-state index in [0.717, 1.165) is 25.1 Å². The third kappa shape index (κ3) is 3.40. The minimum Gasteiger partial charge on any atom is -0.330 e. The average molecular weight is 260 g/mol. The Morgan fingerprint density at radius 1 is 1.39 bits per heavy atom. The lowest BCUT2D eigenvalue weighted by Crippen LogP contribution is -2.11. The predicted octanol–water partition coefficient (Wildman–Crippen LogP) is 3.65. The van der Waals surface area contributed by atoms with E-state index < -0.39 is 0 Å². The number of benzene rings is 1. The molecule has 1 unspecified atom stereocenters. The van der Waals surface area contributed by atoms with Gasteiger partial charge in [0.15, 0.2) is 0 Å². The van der Waals surface area contributed by atoms with Crippen LogP contribution in [-0.4, -0.2) is 11.5 Å². The van der Waals surface area contributed by atoms with E-state index in [2.05, 4.69) is 43.5 Å². The predicted molar refractivity (Wildman–Crippen MR) is 78.8 cm³/mol. The Bertz CT molecular complexity index is 505. The summed E-state index contributed by atoms with van der Waals surface area (Å²) in [4.78, 5) is 4.71. The number of aryl methyl sites for hydroxylation is 2. The maximum Gasteiger partial charge on any atom is 0.0932 e. The van der Waals surface area contributed by atoms with Gasteiger partial charge in [0, 0.05) is 10.9 Å². The molecule has 0 spiro atoms. The van der Waals surface area contributed by atoms with Crippen molar-refractivity contribution in [3.05, 3.63) is 40.2 Å². The van der Waals surface area contributed by atoms with Crippen LogP contribution in [0.15, 0.2) is 29.6 Å². The van der Waals surface area contributed by atoms with Gasteiger partial charge in [-0.2, -0.15) is 0 Å². The van der Waals surface area contributed by atoms with Crippen LogP contribution in [0.3, 0.4) is 0 Å². The number of aromatic nitrogens is 1. The standard InChI is InChI=1S/C15H20N2S/c1-11-4-3-5-13(8-11)14-10-18-15(17-14)7-6-12(2)9-16/h3-5,8,10,12H,6-7,9,16H2,1-2H3. The summed E-state index contributed by atoms with van der Waals surface area (Å²) in [6.45, 7) is 5.06. The lowest BCUT2D eigenvalue weighted by atomic mass is 10.1. The molecule has 0 radical (unpaired) electrons. The highest BCUT2D eigenvalue weighted by atomic mass is 32.1. The molecule has 0 aliphatic carbocycles. The number of nitrogens with two attached hydrogens (primary N) is 1. The molecule has 1 aromatic heterocycles. The average Bonchev–Trinajstić information content (AvgIpc) is 2.84. The van der Waals surface area contributed by atoms with Crippen LogP contribution in [0.5, 0.6) is 0 Å². The van der Waals surface area contributed by atoms with Crippen molar-refractivity contribution < 1.29 is 0 Å². The third-order valence-corrected chi connectivity index (χ3v) is 4.03. The molecule has 0 fully saturated rings. The zero-order valence-electron chi connectivity index (χ0n) is 11.0. The fourth-order valence-corrected chi connectivity index (χ4v) is 2.67. The molecule has 2 nitrogen and oxygen atoms in total. The molecule has 1 atom stereocenters. The first-order chi connectivity index (χ1) is 8.69. The van der Waals surface area contributed by atoms with Gasteiger partial charge < -0.3 is 5.73 Å². The van der Waals surface area contributed by atoms with Gasteiger partial charge in [-0.3, -0.25) is 0 Å². The SMILES string of the molecule is Cc1cccc(-c2csc(CCC(C)CN)n2)c1. The molecular weight excluding hydrogens is 240 g/mol. The van der Waals surface area contributed by atoms with Gasteiger partial charge in [-0.1, -0.05) is 30.7 Å². The number of hydrogen-bond donors (Lipinski definition) is 1. The molecule has 96 valence electrons. The Balaban J connectivity index is 2.06. The quantitative estimate of drug-likeness (QED) is 0.891. The van der Waals surface area contributed by atoms with E-state index in [-0.39, 0.29) is 0 Å². The summed E-state index contributed by atoms with van der Waals surface area (Å²) in [5.74, 6) is 0.580. The smallest absolute Gasteiger partial charge is 0.0932 e. The molecule has 2 N–H and O–H groups in total. The second-order valence-electron chi connectivity index (χ2n) is 4.88. The van der Waals surface area contributed by atoms with Crippen LogP contribution >= 0.6 is 11.3 Å². The lowest BCUT2D eigenvalue weighted by Gasteiger charge is -2.05. The van der Waals surface area contributed by atoms with Gasteiger partial charge >= 0.3 is 0 Å². The Hall–Kier alpha value is -1.19. The van der Waals surface area contributed by atoms with E-state index in [1.807, 2.05) is 0 Å². The van der Waals surface area contributed by atoms with Gasteiger partial charge in [-0.05, 0) is 38.3 Å². The second kappa shape index (κ2) is 6.12. The van der Waals surface area contributed by atoms with E-state index in [1.165, 1.54) is 16.1 Å². The topological polar surface area (TPSA) is 38.9 Å². The number of nitrogens with zero attached hydrogens (tertiary/aromatic N) is 1. The fraction of sp³-hybridized carbons (Fsp3) is 0.400. The molecule has 0 saturated heterocycles. The van der Waals surface area contributed by atoms with Crippen molar-refractivity contribution in [2.24, 2.45) is 11.7 Å². The Kier molecular flexibility index (Phi) is 4.50. The highest BCUT2D eigenvalue weighted by Gasteiger charge is 2.06. The summed E-state index contributed by atoms with van der Waals surface area (Å²) < 4.78 is 0. The first kappa shape index (κ1) is 13.2. The molecule has 0 bridgehead atoms. The second-order valence-corrected chi connectivity index (χ2v) is 5.82. The minimum atomic E-state index is 0.580. The summed E-state index contributed by atoms with van der Waals surface area (Å²) in [5, 5.41) is 3.36. The monoisotopic (exact) mass is 260 g/mol. The molecule has 3 heteroatoms. The largest absolute Gasteiger partial charge is 0.330 e. The third-order valence-electron chi connectivity index (χ3n) is 3.12. The summed E-state index contributed by atoms with van der Waals surface area (Å²) in [6, 6.07) is 8.50. The maximum atomic E-state index is 5.63. The molecule has 0 aliphatic heterocycles. The van der Waals surface area contributed by atoms with E-state index >= 15 is 0 Å². The normalized spacial score (nSPS) is 12.6. The highest BCUT2D eigenvalue weighted by Crippen LogP contribution is 2.23. The van der Waals surface area contributed by atoms with Crippen molar-refractivity contribution in [2.45, 2.75) is 26.7 Å². The zero-order chi connectivity index (χ0) is 13.0. The highest BCUT2D eigenvalue weighted by molar-refractivity contribution is 7.09. The van der Waals surface area contributed by atoms with Crippen molar-refractivity contribution in [3.63, 3.8) is 0 Å². The molecule has 18 heavy (non-hydrogen) atoms. The Morgan fingerprint density at radius 2 is 2.22 bits per heavy atom. The lowest BCUT2D eigenvalue weighted by molar-refractivity contribution is 0.544. The molecule has 1 heterocycles. The van der Waals surface area contributed by atoms with Crippen molar-refractivity contribution in [1.82, 2.24) is 4.98 Å². The zero-order valence-corrected chi connectivity index (χ0v) is 11.8. The van der Waals surface area contributed by atoms with Gasteiger partial charge in [0.25, 0.3) is 0 Å². The molecule has 0 amide bonds. The van der Waals surface area contributed by atoms with Crippen LogP contribution in [0.1, 0.15) is 23.9 Å². The van der Waals surface area contributed by atoms with E-state index in [4.69, 9.17) is 10.7 Å². The van der Waals surface area contributed by atoms with Crippen molar-refractivity contribution in [1.29, 1.82) is 0 Å². The van der Waals surface area contributed by atoms with E-state index in [0.29, 0.717) is 5.92 Å². The first-order valence-corrected chi connectivity index (χ1v) is 7.28. The Morgan fingerprint density at radius 3 is 2.94 bits per heavy atom. The van der Waals surface area contributed by atoms with Crippen molar-refractivity contribution in [3.8, 4) is 11.3 Å². The van der Waals surface area contributed by atoms with E-state index in [9.17, 15) is 0 Å². The van der Waals surface area contributed by atoms with Crippen LogP contribution in [0.25, 0.3) is 11.3 Å². The van der Waals surface area contributed by atoms with Crippen molar-refractivity contribution >= 4 is 11.3 Å². The van der Waals surface area contributed by atoms with Crippen LogP contribution in [-0.2, 0) is 6.42 Å². The molecule has 0 aliphatic rings. The molecular formula is C15H20N2S. The maximum absolute atomic E-state index is 5.63. The summed E-state index contributed by atoms with van der Waals surface area (Å²) in [7, 11) is 0. The van der Waals surface area contributed by atoms with E-state index in [1.54, 1.807) is 11.3 Å². The van der Waals surface area contributed by atoms with Gasteiger partial charge in [0.1, 0.15) is 0 Å². The van der Waals surface area contributed by atoms with Gasteiger partial charge in [-0.25, -0.2) is 4.98 Å². The minimum absolute atomic E-state index is 0.580. The summed E-state index contributed by atoms with van der Waals surface area (Å²) in [5.41, 5.74) is 9.22. The van der Waals surface area contributed by atoms with Crippen LogP contribution < -0.4 is 5.73 Å². The number of hydrogen-bond acceptors (Lipinski definition) is 3. The Labute approximate surface area is 113 Å². The van der Waals surface area contributed by atoms with Gasteiger partial charge in [-0.15, -0.1) is 11.3 Å². The molecule has 1 aromatic carbocycles. The van der Waals surface area contributed by atoms with Gasteiger partial charge in [0.2, 0.25) is 0 Å². The summed E-state index contributed by atoms with van der Waals surface area (Å²) >= 11 is 1.75. The van der Waals surface area contributed by atoms with Crippen molar-refractivity contribution in [2.75, 3.05) is 6.54 Å². The summed E-state index contributed by atoms with van der Waals surface area (Å²) in [6.07, 6.45) is 2.16. The molecule has 2 rings (SSSR count). The first-order valence-electron chi connectivity index (χ1n) is 6.40. The van der Waals surface area contributed by atoms with Crippen LogP contribution in [0.4, 0.5) is 0 Å². The van der Waals surface area contributed by atoms with Crippen LogP contribution in [0, 0.1) is 12.8 Å². The molecule has 2 aromatic rings. The molecule has 0 saturated carbocycles. The van der Waals surface area contributed by atoms with Crippen LogP contribution in [0.2, 0.25) is 0 Å². The number of thiazole rings is 1. The fourth-order valence-electron chi connectivity index (χ4n) is 1.85. The number of rotatable bonds is 5. The van der Waals surface area contributed by atoms with Gasteiger partial charge in [0.05, 0.1) is 10.7 Å².